The van der Waals surface area contributed by atoms with E-state index in [-0.39, 0.29) is 6.54 Å². The summed E-state index contributed by atoms with van der Waals surface area (Å²) in [5.41, 5.74) is 3.77. The van der Waals surface area contributed by atoms with E-state index in [9.17, 15) is 14.4 Å². The number of ether oxygens (including phenoxy) is 1. The van der Waals surface area contributed by atoms with Crippen molar-refractivity contribution in [1.82, 2.24) is 10.7 Å². The number of carbonyl (C=O) groups excluding carboxylic acids is 3. The van der Waals surface area contributed by atoms with Crippen molar-refractivity contribution >= 4 is 51.5 Å². The summed E-state index contributed by atoms with van der Waals surface area (Å²) >= 11 is 9.16. The average Bonchev–Trinajstić information content (AvgIpc) is 2.79. The van der Waals surface area contributed by atoms with E-state index in [0.29, 0.717) is 31.9 Å². The van der Waals surface area contributed by atoms with Gasteiger partial charge in [-0.05, 0) is 76.1 Å². The summed E-state index contributed by atoms with van der Waals surface area (Å²) in [5, 5.41) is 6.76. The largest absolute Gasteiger partial charge is 0.423 e. The summed E-state index contributed by atoms with van der Waals surface area (Å²) in [6.45, 7) is -0.243. The molecule has 32 heavy (non-hydrogen) atoms. The molecule has 2 amide bonds. The van der Waals surface area contributed by atoms with Gasteiger partial charge in [0.1, 0.15) is 5.75 Å². The molecule has 0 aliphatic rings. The van der Waals surface area contributed by atoms with Crippen LogP contribution in [-0.2, 0) is 4.79 Å². The molecule has 3 rings (SSSR count). The van der Waals surface area contributed by atoms with E-state index in [1.165, 1.54) is 12.3 Å². The van der Waals surface area contributed by atoms with E-state index < -0.39 is 17.8 Å². The van der Waals surface area contributed by atoms with Crippen LogP contribution in [0.4, 0.5) is 0 Å². The molecule has 9 heteroatoms. The van der Waals surface area contributed by atoms with Gasteiger partial charge in [-0.2, -0.15) is 5.10 Å². The first-order chi connectivity index (χ1) is 15.4. The number of nitrogens with zero attached hydrogens (tertiary/aromatic N) is 1. The van der Waals surface area contributed by atoms with E-state index in [1.807, 2.05) is 0 Å². The first-order valence-corrected chi connectivity index (χ1v) is 10.5. The van der Waals surface area contributed by atoms with Gasteiger partial charge in [0.25, 0.3) is 11.8 Å². The van der Waals surface area contributed by atoms with Crippen LogP contribution >= 0.6 is 27.5 Å². The standard InChI is InChI=1S/C23H17BrClN3O4/c24-20-7-2-1-6-19(20)23(31)32-18-10-8-15(9-11-18)13-27-28-21(29)14-26-22(30)16-4-3-5-17(25)12-16/h1-13H,14H2,(H,26,30)(H,28,29)/b27-13+. The number of carbonyl (C=O) groups is 3. The Morgan fingerprint density at radius 1 is 1.00 bits per heavy atom. The Morgan fingerprint density at radius 3 is 2.47 bits per heavy atom. The molecule has 3 aromatic carbocycles. The Labute approximate surface area is 197 Å². The van der Waals surface area contributed by atoms with Crippen molar-refractivity contribution in [2.45, 2.75) is 0 Å². The van der Waals surface area contributed by atoms with Crippen LogP contribution in [0.15, 0.2) is 82.4 Å². The number of hydrogen-bond acceptors (Lipinski definition) is 5. The van der Waals surface area contributed by atoms with Gasteiger partial charge in [0, 0.05) is 15.1 Å². The normalized spacial score (nSPS) is 10.6. The SMILES string of the molecule is O=C(CNC(=O)c1cccc(Cl)c1)N/N=C/c1ccc(OC(=O)c2ccccc2Br)cc1. The smallest absolute Gasteiger partial charge is 0.344 e. The number of rotatable bonds is 7. The summed E-state index contributed by atoms with van der Waals surface area (Å²) < 4.78 is 5.99. The fourth-order valence-electron chi connectivity index (χ4n) is 2.52. The molecule has 3 aromatic rings. The summed E-state index contributed by atoms with van der Waals surface area (Å²) in [6.07, 6.45) is 1.43. The predicted octanol–water partition coefficient (Wildman–Crippen LogP) is 4.20. The molecule has 0 aliphatic heterocycles. The number of hydrazone groups is 1. The summed E-state index contributed by atoms with van der Waals surface area (Å²) in [4.78, 5) is 36.1. The topological polar surface area (TPSA) is 96.9 Å². The second kappa shape index (κ2) is 11.2. The third kappa shape index (κ3) is 6.76. The van der Waals surface area contributed by atoms with Gasteiger partial charge in [-0.1, -0.05) is 29.8 Å². The monoisotopic (exact) mass is 513 g/mol. The number of amides is 2. The summed E-state index contributed by atoms with van der Waals surface area (Å²) in [6, 6.07) is 20.0. The molecule has 0 heterocycles. The van der Waals surface area contributed by atoms with Gasteiger partial charge in [0.15, 0.2) is 0 Å². The Kier molecular flexibility index (Phi) is 8.13. The maximum absolute atomic E-state index is 12.2. The molecule has 0 saturated heterocycles. The molecule has 0 spiro atoms. The van der Waals surface area contributed by atoms with Crippen molar-refractivity contribution in [1.29, 1.82) is 0 Å². The fourth-order valence-corrected chi connectivity index (χ4v) is 3.16. The van der Waals surface area contributed by atoms with E-state index >= 15 is 0 Å². The van der Waals surface area contributed by atoms with Gasteiger partial charge < -0.3 is 10.1 Å². The van der Waals surface area contributed by atoms with Crippen molar-refractivity contribution in [2.24, 2.45) is 5.10 Å². The maximum atomic E-state index is 12.2. The minimum Gasteiger partial charge on any atom is -0.423 e. The highest BCUT2D eigenvalue weighted by Gasteiger charge is 2.12. The molecule has 0 fully saturated rings. The first kappa shape index (κ1) is 23.2. The Bertz CT molecular complexity index is 1170. The number of esters is 1. The molecule has 0 atom stereocenters. The van der Waals surface area contributed by atoms with Crippen molar-refractivity contribution < 1.29 is 19.1 Å². The highest BCUT2D eigenvalue weighted by molar-refractivity contribution is 9.10. The number of halogens is 2. The zero-order valence-electron chi connectivity index (χ0n) is 16.5. The highest BCUT2D eigenvalue weighted by Crippen LogP contribution is 2.19. The molecule has 0 aliphatic carbocycles. The molecule has 0 saturated carbocycles. The third-order valence-electron chi connectivity index (χ3n) is 4.08. The molecular weight excluding hydrogens is 498 g/mol. The van der Waals surface area contributed by atoms with E-state index in [1.54, 1.807) is 66.7 Å². The van der Waals surface area contributed by atoms with Crippen LogP contribution in [0.25, 0.3) is 0 Å². The van der Waals surface area contributed by atoms with Crippen molar-refractivity contribution in [3.05, 3.63) is 99.0 Å². The van der Waals surface area contributed by atoms with Crippen LogP contribution in [0.1, 0.15) is 26.3 Å². The lowest BCUT2D eigenvalue weighted by Crippen LogP contribution is -2.34. The fraction of sp³-hybridized carbons (Fsp3) is 0.0435. The van der Waals surface area contributed by atoms with Crippen LogP contribution in [0, 0.1) is 0 Å². The van der Waals surface area contributed by atoms with E-state index in [0.717, 1.165) is 0 Å². The van der Waals surface area contributed by atoms with Crippen molar-refractivity contribution in [3.63, 3.8) is 0 Å². The lowest BCUT2D eigenvalue weighted by molar-refractivity contribution is -0.120. The Morgan fingerprint density at radius 2 is 1.75 bits per heavy atom. The molecule has 2 N–H and O–H groups in total. The third-order valence-corrected chi connectivity index (χ3v) is 5.01. The van der Waals surface area contributed by atoms with Gasteiger partial charge >= 0.3 is 5.97 Å². The van der Waals surface area contributed by atoms with Gasteiger partial charge in [-0.15, -0.1) is 0 Å². The van der Waals surface area contributed by atoms with Crippen LogP contribution in [-0.4, -0.2) is 30.5 Å². The lowest BCUT2D eigenvalue weighted by Gasteiger charge is -2.06. The van der Waals surface area contributed by atoms with Crippen LogP contribution < -0.4 is 15.5 Å². The zero-order valence-corrected chi connectivity index (χ0v) is 18.9. The van der Waals surface area contributed by atoms with E-state index in [4.69, 9.17) is 16.3 Å². The van der Waals surface area contributed by atoms with Crippen molar-refractivity contribution in [2.75, 3.05) is 6.54 Å². The quantitative estimate of drug-likeness (QED) is 0.214. The summed E-state index contributed by atoms with van der Waals surface area (Å²) in [7, 11) is 0. The number of benzene rings is 3. The van der Waals surface area contributed by atoms with Gasteiger partial charge in [0.05, 0.1) is 18.3 Å². The maximum Gasteiger partial charge on any atom is 0.344 e. The van der Waals surface area contributed by atoms with Gasteiger partial charge in [-0.25, -0.2) is 10.2 Å². The second-order valence-corrected chi connectivity index (χ2v) is 7.72. The molecule has 0 aromatic heterocycles. The van der Waals surface area contributed by atoms with Crippen LogP contribution in [0.2, 0.25) is 5.02 Å². The van der Waals surface area contributed by atoms with Gasteiger partial charge in [-0.3, -0.25) is 9.59 Å². The molecule has 0 bridgehead atoms. The second-order valence-electron chi connectivity index (χ2n) is 6.42. The summed E-state index contributed by atoms with van der Waals surface area (Å²) in [5.74, 6) is -1.02. The Balaban J connectivity index is 1.46. The highest BCUT2D eigenvalue weighted by atomic mass is 79.9. The van der Waals surface area contributed by atoms with Crippen LogP contribution in [0.3, 0.4) is 0 Å². The van der Waals surface area contributed by atoms with Crippen LogP contribution in [0.5, 0.6) is 5.75 Å². The lowest BCUT2D eigenvalue weighted by atomic mass is 10.2. The molecule has 0 radical (unpaired) electrons. The zero-order chi connectivity index (χ0) is 22.9. The van der Waals surface area contributed by atoms with Gasteiger partial charge in [0.2, 0.25) is 0 Å². The van der Waals surface area contributed by atoms with Crippen molar-refractivity contribution in [3.8, 4) is 5.75 Å². The van der Waals surface area contributed by atoms with E-state index in [2.05, 4.69) is 31.8 Å². The Hall–Kier alpha value is -3.49. The minimum atomic E-state index is -0.490. The average molecular weight is 515 g/mol. The number of nitrogens with one attached hydrogen (secondary N) is 2. The molecule has 0 unspecified atom stereocenters. The minimum absolute atomic E-state index is 0.243. The molecule has 7 nitrogen and oxygen atoms in total. The first-order valence-electron chi connectivity index (χ1n) is 9.35. The number of hydrogen-bond donors (Lipinski definition) is 2. The molecule has 162 valence electrons. The predicted molar refractivity (Wildman–Crippen MR) is 125 cm³/mol. The molecular formula is C23H17BrClN3O4.